The molecule has 1 atom stereocenters. The predicted octanol–water partition coefficient (Wildman–Crippen LogP) is 3.01. The lowest BCUT2D eigenvalue weighted by atomic mass is 9.90. The lowest BCUT2D eigenvalue weighted by Crippen LogP contribution is -2.49. The van der Waals surface area contributed by atoms with Gasteiger partial charge in [-0.15, -0.1) is 0 Å². The fraction of sp³-hybridized carbons (Fsp3) is 0.562. The number of ether oxygens (including phenoxy) is 1. The van der Waals surface area contributed by atoms with E-state index in [-0.39, 0.29) is 0 Å². The van der Waals surface area contributed by atoms with Crippen LogP contribution < -0.4 is 4.74 Å². The van der Waals surface area contributed by atoms with E-state index >= 15 is 0 Å². The van der Waals surface area contributed by atoms with Crippen molar-refractivity contribution in [1.82, 2.24) is 4.90 Å². The van der Waals surface area contributed by atoms with Gasteiger partial charge in [-0.3, -0.25) is 4.90 Å². The molecule has 1 heterocycles. The summed E-state index contributed by atoms with van der Waals surface area (Å²) in [5.74, 6) is 0.858. The number of likely N-dealkylation sites (tertiary alicyclic amines) is 1. The minimum atomic E-state index is -0.410. The summed E-state index contributed by atoms with van der Waals surface area (Å²) in [7, 11) is 1.67. The second-order valence-electron chi connectivity index (χ2n) is 5.46. The molecule has 2 rings (SSSR count). The first-order valence-corrected chi connectivity index (χ1v) is 6.97. The van der Waals surface area contributed by atoms with Gasteiger partial charge in [0.25, 0.3) is 0 Å². The Bertz CT molecular complexity index is 460. The van der Waals surface area contributed by atoms with Crippen molar-refractivity contribution in [3.05, 3.63) is 29.8 Å². The van der Waals surface area contributed by atoms with Crippen LogP contribution >= 0.6 is 0 Å². The van der Waals surface area contributed by atoms with Crippen LogP contribution in [-0.2, 0) is 6.42 Å². The van der Waals surface area contributed by atoms with E-state index in [1.165, 1.54) is 19.3 Å². The standard InChI is InChI=1S/C16H22N2O/c1-16(13-17,18-9-4-3-5-10-18)12-14-7-6-8-15(11-14)19-2/h6-8,11H,3-5,9-10,12H2,1-2H3. The third-order valence-corrected chi connectivity index (χ3v) is 3.98. The highest BCUT2D eigenvalue weighted by Crippen LogP contribution is 2.25. The normalized spacial score (nSPS) is 19.4. The predicted molar refractivity (Wildman–Crippen MR) is 76.1 cm³/mol. The number of methoxy groups -OCH3 is 1. The summed E-state index contributed by atoms with van der Waals surface area (Å²) in [6.45, 7) is 4.12. The second-order valence-corrected chi connectivity index (χ2v) is 5.46. The van der Waals surface area contributed by atoms with Crippen molar-refractivity contribution in [1.29, 1.82) is 5.26 Å². The van der Waals surface area contributed by atoms with Gasteiger partial charge in [-0.1, -0.05) is 18.6 Å². The zero-order chi connectivity index (χ0) is 13.7. The number of benzene rings is 1. The minimum absolute atomic E-state index is 0.410. The van der Waals surface area contributed by atoms with E-state index < -0.39 is 5.54 Å². The molecule has 1 fully saturated rings. The smallest absolute Gasteiger partial charge is 0.119 e. The molecule has 1 aromatic rings. The number of nitriles is 1. The van der Waals surface area contributed by atoms with Gasteiger partial charge in [0.15, 0.2) is 0 Å². The third kappa shape index (κ3) is 3.27. The van der Waals surface area contributed by atoms with Gasteiger partial charge in [-0.25, -0.2) is 0 Å². The molecule has 1 aromatic carbocycles. The monoisotopic (exact) mass is 258 g/mol. The van der Waals surface area contributed by atoms with Gasteiger partial charge in [0, 0.05) is 6.42 Å². The molecule has 0 bridgehead atoms. The van der Waals surface area contributed by atoms with Gasteiger partial charge in [-0.05, 0) is 50.6 Å². The molecule has 0 aliphatic carbocycles. The highest BCUT2D eigenvalue weighted by atomic mass is 16.5. The van der Waals surface area contributed by atoms with Gasteiger partial charge < -0.3 is 4.74 Å². The second kappa shape index (κ2) is 6.08. The Morgan fingerprint density at radius 1 is 1.32 bits per heavy atom. The summed E-state index contributed by atoms with van der Waals surface area (Å²) >= 11 is 0. The molecule has 1 aliphatic heterocycles. The van der Waals surface area contributed by atoms with E-state index in [1.807, 2.05) is 18.2 Å². The number of rotatable bonds is 4. The minimum Gasteiger partial charge on any atom is -0.497 e. The van der Waals surface area contributed by atoms with Crippen LogP contribution in [0, 0.1) is 11.3 Å². The molecule has 0 radical (unpaired) electrons. The first-order chi connectivity index (χ1) is 9.18. The largest absolute Gasteiger partial charge is 0.497 e. The summed E-state index contributed by atoms with van der Waals surface area (Å²) in [6.07, 6.45) is 4.45. The van der Waals surface area contributed by atoms with Crippen molar-refractivity contribution >= 4 is 0 Å². The average Bonchev–Trinajstić information content (AvgIpc) is 2.48. The zero-order valence-corrected chi connectivity index (χ0v) is 11.9. The van der Waals surface area contributed by atoms with Gasteiger partial charge in [0.1, 0.15) is 11.3 Å². The number of hydrogen-bond acceptors (Lipinski definition) is 3. The summed E-state index contributed by atoms with van der Waals surface area (Å²) in [5, 5.41) is 9.60. The van der Waals surface area contributed by atoms with Crippen LogP contribution in [0.4, 0.5) is 0 Å². The van der Waals surface area contributed by atoms with Crippen LogP contribution in [0.3, 0.4) is 0 Å². The van der Waals surface area contributed by atoms with Crippen LogP contribution in [-0.4, -0.2) is 30.6 Å². The first kappa shape index (κ1) is 13.9. The van der Waals surface area contributed by atoms with E-state index in [0.29, 0.717) is 0 Å². The van der Waals surface area contributed by atoms with Crippen molar-refractivity contribution < 1.29 is 4.74 Å². The molecule has 1 unspecified atom stereocenters. The fourth-order valence-corrected chi connectivity index (χ4v) is 2.79. The van der Waals surface area contributed by atoms with Gasteiger partial charge in [0.05, 0.1) is 13.2 Å². The van der Waals surface area contributed by atoms with Crippen molar-refractivity contribution in [2.45, 2.75) is 38.1 Å². The van der Waals surface area contributed by atoms with Gasteiger partial charge >= 0.3 is 0 Å². The van der Waals surface area contributed by atoms with Gasteiger partial charge in [0.2, 0.25) is 0 Å². The maximum absolute atomic E-state index is 9.60. The highest BCUT2D eigenvalue weighted by Gasteiger charge is 2.32. The quantitative estimate of drug-likeness (QED) is 0.833. The van der Waals surface area contributed by atoms with E-state index in [2.05, 4.69) is 24.0 Å². The molecule has 3 heteroatoms. The molecule has 0 amide bonds. The summed E-state index contributed by atoms with van der Waals surface area (Å²) in [6, 6.07) is 10.5. The van der Waals surface area contributed by atoms with Crippen LogP contribution in [0.15, 0.2) is 24.3 Å². The van der Waals surface area contributed by atoms with Crippen LogP contribution in [0.5, 0.6) is 5.75 Å². The Hall–Kier alpha value is -1.53. The van der Waals surface area contributed by atoms with E-state index in [1.54, 1.807) is 7.11 Å². The molecular weight excluding hydrogens is 236 g/mol. The molecule has 102 valence electrons. The molecule has 0 spiro atoms. The van der Waals surface area contributed by atoms with E-state index in [0.717, 1.165) is 30.8 Å². The SMILES string of the molecule is COc1cccc(CC(C)(C#N)N2CCCCC2)c1. The van der Waals surface area contributed by atoms with Gasteiger partial charge in [-0.2, -0.15) is 5.26 Å². The van der Waals surface area contributed by atoms with Crippen LogP contribution in [0.2, 0.25) is 0 Å². The molecule has 0 aromatic heterocycles. The average molecular weight is 258 g/mol. The molecule has 1 aliphatic rings. The fourth-order valence-electron chi connectivity index (χ4n) is 2.79. The highest BCUT2D eigenvalue weighted by molar-refractivity contribution is 5.31. The summed E-state index contributed by atoms with van der Waals surface area (Å²) < 4.78 is 5.25. The lowest BCUT2D eigenvalue weighted by Gasteiger charge is -2.38. The van der Waals surface area contributed by atoms with Crippen molar-refractivity contribution in [3.8, 4) is 11.8 Å². The van der Waals surface area contributed by atoms with Crippen molar-refractivity contribution in [2.75, 3.05) is 20.2 Å². The zero-order valence-electron chi connectivity index (χ0n) is 11.9. The lowest BCUT2D eigenvalue weighted by molar-refractivity contribution is 0.124. The van der Waals surface area contributed by atoms with Crippen LogP contribution in [0.25, 0.3) is 0 Å². The van der Waals surface area contributed by atoms with Crippen molar-refractivity contribution in [3.63, 3.8) is 0 Å². The Morgan fingerprint density at radius 2 is 2.05 bits per heavy atom. The summed E-state index contributed by atoms with van der Waals surface area (Å²) in [5.41, 5.74) is 0.751. The molecule has 3 nitrogen and oxygen atoms in total. The third-order valence-electron chi connectivity index (χ3n) is 3.98. The number of piperidine rings is 1. The Labute approximate surface area is 115 Å². The maximum atomic E-state index is 9.60. The van der Waals surface area contributed by atoms with Crippen LogP contribution in [0.1, 0.15) is 31.7 Å². The van der Waals surface area contributed by atoms with E-state index in [9.17, 15) is 5.26 Å². The molecule has 1 saturated heterocycles. The molecule has 0 saturated carbocycles. The Balaban J connectivity index is 2.14. The summed E-state index contributed by atoms with van der Waals surface area (Å²) in [4.78, 5) is 2.33. The number of nitrogens with zero attached hydrogens (tertiary/aromatic N) is 2. The molecule has 0 N–H and O–H groups in total. The molecule has 19 heavy (non-hydrogen) atoms. The Kier molecular flexibility index (Phi) is 4.44. The van der Waals surface area contributed by atoms with Crippen molar-refractivity contribution in [2.24, 2.45) is 0 Å². The topological polar surface area (TPSA) is 36.3 Å². The Morgan fingerprint density at radius 3 is 2.68 bits per heavy atom. The first-order valence-electron chi connectivity index (χ1n) is 6.97. The molecular formula is C16H22N2O. The van der Waals surface area contributed by atoms with E-state index in [4.69, 9.17) is 4.74 Å². The number of hydrogen-bond donors (Lipinski definition) is 0. The maximum Gasteiger partial charge on any atom is 0.119 e.